The molecule has 0 saturated heterocycles. The molecule has 1 unspecified atom stereocenters. The van der Waals surface area contributed by atoms with Gasteiger partial charge in [-0.2, -0.15) is 0 Å². The summed E-state index contributed by atoms with van der Waals surface area (Å²) >= 11 is 1.21. The predicted molar refractivity (Wildman–Crippen MR) is 137 cm³/mol. The number of nitro benzene ring substituents is 1. The summed E-state index contributed by atoms with van der Waals surface area (Å²) in [4.78, 5) is 22.8. The molecule has 1 amide bonds. The molecule has 0 aliphatic carbocycles. The monoisotopic (exact) mass is 495 g/mol. The molecule has 10 heteroatoms. The number of ether oxygens (including phenoxy) is 1. The van der Waals surface area contributed by atoms with Gasteiger partial charge in [0, 0.05) is 24.4 Å². The standard InChI is InChI=1S/C25H29N5O4S/c1-6-14-29-23(17(2)34-21-12-10-18(11-13-21)25(3,4)5)27-28-24(29)35-16-22(31)26-19-8-7-9-20(15-19)30(32)33/h6-13,15,17H,1,14,16H2,2-5H3,(H,26,31). The van der Waals surface area contributed by atoms with Gasteiger partial charge in [-0.05, 0) is 36.1 Å². The number of allylic oxidation sites excluding steroid dienone is 1. The van der Waals surface area contributed by atoms with Crippen molar-refractivity contribution in [2.75, 3.05) is 11.1 Å². The van der Waals surface area contributed by atoms with Gasteiger partial charge in [-0.25, -0.2) is 0 Å². The van der Waals surface area contributed by atoms with Crippen molar-refractivity contribution in [1.29, 1.82) is 0 Å². The molecule has 0 aliphatic rings. The molecule has 0 saturated carbocycles. The Morgan fingerprint density at radius 2 is 1.97 bits per heavy atom. The SMILES string of the molecule is C=CCn1c(SCC(=O)Nc2cccc([N+](=O)[O-])c2)nnc1C(C)Oc1ccc(C(C)(C)C)cc1. The second-order valence-electron chi connectivity index (χ2n) is 8.92. The number of carbonyl (C=O) groups excluding carboxylic acids is 1. The van der Waals surface area contributed by atoms with Gasteiger partial charge >= 0.3 is 0 Å². The van der Waals surface area contributed by atoms with Gasteiger partial charge in [-0.3, -0.25) is 19.5 Å². The summed E-state index contributed by atoms with van der Waals surface area (Å²) in [6.07, 6.45) is 1.35. The van der Waals surface area contributed by atoms with Gasteiger partial charge in [0.25, 0.3) is 5.69 Å². The average molecular weight is 496 g/mol. The van der Waals surface area contributed by atoms with E-state index in [1.807, 2.05) is 23.6 Å². The molecule has 1 heterocycles. The van der Waals surface area contributed by atoms with Crippen molar-refractivity contribution < 1.29 is 14.5 Å². The molecular formula is C25H29N5O4S. The van der Waals surface area contributed by atoms with E-state index in [0.29, 0.717) is 23.2 Å². The summed E-state index contributed by atoms with van der Waals surface area (Å²) < 4.78 is 7.96. The lowest BCUT2D eigenvalue weighted by Gasteiger charge is -2.20. The summed E-state index contributed by atoms with van der Waals surface area (Å²) in [6, 6.07) is 13.8. The predicted octanol–water partition coefficient (Wildman–Crippen LogP) is 5.54. The quantitative estimate of drug-likeness (QED) is 0.170. The first-order valence-electron chi connectivity index (χ1n) is 11.1. The van der Waals surface area contributed by atoms with Crippen LogP contribution in [0, 0.1) is 10.1 Å². The van der Waals surface area contributed by atoms with Crippen molar-refractivity contribution in [3.63, 3.8) is 0 Å². The summed E-state index contributed by atoms with van der Waals surface area (Å²) in [6.45, 7) is 12.6. The first-order chi connectivity index (χ1) is 16.6. The van der Waals surface area contributed by atoms with E-state index in [-0.39, 0.29) is 28.9 Å². The minimum atomic E-state index is -0.508. The van der Waals surface area contributed by atoms with Crippen LogP contribution in [0.25, 0.3) is 0 Å². The van der Waals surface area contributed by atoms with Crippen molar-refractivity contribution in [2.24, 2.45) is 0 Å². The van der Waals surface area contributed by atoms with Crippen LogP contribution in [0.3, 0.4) is 0 Å². The molecule has 0 fully saturated rings. The Kier molecular flexibility index (Phi) is 8.29. The number of nitro groups is 1. The van der Waals surface area contributed by atoms with Gasteiger partial charge in [-0.15, -0.1) is 16.8 Å². The van der Waals surface area contributed by atoms with E-state index in [1.54, 1.807) is 12.1 Å². The van der Waals surface area contributed by atoms with Crippen LogP contribution < -0.4 is 10.1 Å². The minimum absolute atomic E-state index is 0.0570. The number of amides is 1. The van der Waals surface area contributed by atoms with E-state index < -0.39 is 4.92 Å². The van der Waals surface area contributed by atoms with E-state index in [1.165, 1.54) is 35.5 Å². The highest BCUT2D eigenvalue weighted by molar-refractivity contribution is 7.99. The smallest absolute Gasteiger partial charge is 0.271 e. The van der Waals surface area contributed by atoms with Gasteiger partial charge in [0.2, 0.25) is 5.91 Å². The number of rotatable bonds is 10. The number of non-ortho nitro benzene ring substituents is 1. The van der Waals surface area contributed by atoms with E-state index in [9.17, 15) is 14.9 Å². The zero-order valence-corrected chi connectivity index (χ0v) is 21.0. The van der Waals surface area contributed by atoms with Gasteiger partial charge in [-0.1, -0.05) is 56.8 Å². The molecule has 0 aliphatic heterocycles. The first-order valence-corrected chi connectivity index (χ1v) is 12.1. The van der Waals surface area contributed by atoms with E-state index in [2.05, 4.69) is 55.0 Å². The van der Waals surface area contributed by atoms with Crippen LogP contribution in [0.2, 0.25) is 0 Å². The van der Waals surface area contributed by atoms with E-state index in [4.69, 9.17) is 4.74 Å². The van der Waals surface area contributed by atoms with Crippen molar-refractivity contribution in [3.8, 4) is 5.75 Å². The van der Waals surface area contributed by atoms with Crippen molar-refractivity contribution in [2.45, 2.75) is 50.9 Å². The molecule has 3 rings (SSSR count). The molecule has 1 N–H and O–H groups in total. The third kappa shape index (κ3) is 6.92. The Hall–Kier alpha value is -3.66. The molecule has 3 aromatic rings. The number of thioether (sulfide) groups is 1. The lowest BCUT2D eigenvalue weighted by Crippen LogP contribution is -2.15. The summed E-state index contributed by atoms with van der Waals surface area (Å²) in [5.74, 6) is 1.09. The number of benzene rings is 2. The lowest BCUT2D eigenvalue weighted by molar-refractivity contribution is -0.384. The largest absolute Gasteiger partial charge is 0.483 e. The van der Waals surface area contributed by atoms with Gasteiger partial charge in [0.15, 0.2) is 17.1 Å². The van der Waals surface area contributed by atoms with Gasteiger partial charge in [0.05, 0.1) is 10.7 Å². The maximum atomic E-state index is 12.4. The molecular weight excluding hydrogens is 466 g/mol. The summed E-state index contributed by atoms with van der Waals surface area (Å²) in [5, 5.41) is 22.7. The number of nitrogens with one attached hydrogen (secondary N) is 1. The number of hydrogen-bond acceptors (Lipinski definition) is 7. The topological polar surface area (TPSA) is 112 Å². The fourth-order valence-electron chi connectivity index (χ4n) is 3.32. The third-order valence-corrected chi connectivity index (χ3v) is 6.09. The number of anilines is 1. The van der Waals surface area contributed by atoms with Crippen LogP contribution in [0.15, 0.2) is 66.3 Å². The molecule has 0 spiro atoms. The Balaban J connectivity index is 1.66. The highest BCUT2D eigenvalue weighted by Gasteiger charge is 2.20. The first kappa shape index (κ1) is 26.0. The fraction of sp³-hybridized carbons (Fsp3) is 0.320. The van der Waals surface area contributed by atoms with Crippen molar-refractivity contribution in [3.05, 3.63) is 82.7 Å². The van der Waals surface area contributed by atoms with E-state index >= 15 is 0 Å². The molecule has 1 aromatic heterocycles. The van der Waals surface area contributed by atoms with Crippen molar-refractivity contribution in [1.82, 2.24) is 14.8 Å². The van der Waals surface area contributed by atoms with Crippen LogP contribution in [0.1, 0.15) is 45.2 Å². The average Bonchev–Trinajstić information content (AvgIpc) is 3.20. The molecule has 0 radical (unpaired) electrons. The van der Waals surface area contributed by atoms with Gasteiger partial charge in [0.1, 0.15) is 5.75 Å². The second kappa shape index (κ2) is 11.2. The maximum Gasteiger partial charge on any atom is 0.271 e. The van der Waals surface area contributed by atoms with Crippen LogP contribution >= 0.6 is 11.8 Å². The Morgan fingerprint density at radius 1 is 1.26 bits per heavy atom. The molecule has 184 valence electrons. The zero-order valence-electron chi connectivity index (χ0n) is 20.2. The molecule has 2 aromatic carbocycles. The Labute approximate surface area is 208 Å². The number of aromatic nitrogens is 3. The van der Waals surface area contributed by atoms with Gasteiger partial charge < -0.3 is 10.1 Å². The van der Waals surface area contributed by atoms with Crippen LogP contribution in [0.4, 0.5) is 11.4 Å². The number of nitrogens with zero attached hydrogens (tertiary/aromatic N) is 4. The Bertz CT molecular complexity index is 1200. The van der Waals surface area contributed by atoms with Crippen LogP contribution in [-0.2, 0) is 16.8 Å². The number of carbonyl (C=O) groups is 1. The molecule has 1 atom stereocenters. The van der Waals surface area contributed by atoms with Crippen LogP contribution in [-0.4, -0.2) is 31.3 Å². The third-order valence-electron chi connectivity index (χ3n) is 5.13. The highest BCUT2D eigenvalue weighted by atomic mass is 32.2. The van der Waals surface area contributed by atoms with E-state index in [0.717, 1.165) is 5.75 Å². The number of hydrogen-bond donors (Lipinski definition) is 1. The minimum Gasteiger partial charge on any atom is -0.483 e. The fourth-order valence-corrected chi connectivity index (χ4v) is 4.08. The van der Waals surface area contributed by atoms with Crippen molar-refractivity contribution >= 4 is 29.0 Å². The normalized spacial score (nSPS) is 12.1. The lowest BCUT2D eigenvalue weighted by atomic mass is 9.87. The van der Waals surface area contributed by atoms with Crippen LogP contribution in [0.5, 0.6) is 5.75 Å². The molecule has 35 heavy (non-hydrogen) atoms. The summed E-state index contributed by atoms with van der Waals surface area (Å²) in [5.41, 5.74) is 1.54. The second-order valence-corrected chi connectivity index (χ2v) is 9.86. The molecule has 0 bridgehead atoms. The Morgan fingerprint density at radius 3 is 2.60 bits per heavy atom. The summed E-state index contributed by atoms with van der Waals surface area (Å²) in [7, 11) is 0. The zero-order chi connectivity index (χ0) is 25.6. The molecule has 9 nitrogen and oxygen atoms in total. The highest BCUT2D eigenvalue weighted by Crippen LogP contribution is 2.28. The maximum absolute atomic E-state index is 12.4.